The Morgan fingerprint density at radius 3 is 2.39 bits per heavy atom. The first-order chi connectivity index (χ1) is 8.69. The quantitative estimate of drug-likeness (QED) is 0.783. The van der Waals surface area contributed by atoms with Crippen LogP contribution in [0.4, 0.5) is 17.1 Å². The Bertz CT molecular complexity index is 515. The molecule has 2 aromatic rings. The number of anilines is 3. The lowest BCUT2D eigenvalue weighted by Crippen LogP contribution is -1.96. The average molecular weight is 240 g/mol. The van der Waals surface area contributed by atoms with Gasteiger partial charge in [0.15, 0.2) is 0 Å². The first kappa shape index (κ1) is 12.5. The Balaban J connectivity index is 2.13. The van der Waals surface area contributed by atoms with E-state index in [1.165, 1.54) is 17.5 Å². The van der Waals surface area contributed by atoms with E-state index in [0.29, 0.717) is 0 Å². The number of hydrogen-bond donors (Lipinski definition) is 2. The summed E-state index contributed by atoms with van der Waals surface area (Å²) in [5.41, 5.74) is 11.4. The minimum absolute atomic E-state index is 0.785. The second-order valence-corrected chi connectivity index (χ2v) is 4.66. The van der Waals surface area contributed by atoms with E-state index in [-0.39, 0.29) is 0 Å². The molecular formula is C16H20N2. The van der Waals surface area contributed by atoms with Crippen LogP contribution in [0.2, 0.25) is 0 Å². The smallest absolute Gasteiger partial charge is 0.0618 e. The van der Waals surface area contributed by atoms with Gasteiger partial charge in [0, 0.05) is 5.69 Å². The van der Waals surface area contributed by atoms with Crippen molar-refractivity contribution < 1.29 is 0 Å². The molecule has 18 heavy (non-hydrogen) atoms. The first-order valence-electron chi connectivity index (χ1n) is 6.41. The Hall–Kier alpha value is -1.96. The zero-order chi connectivity index (χ0) is 13.0. The van der Waals surface area contributed by atoms with Gasteiger partial charge in [-0.2, -0.15) is 0 Å². The SMILES string of the molecule is CCCc1ccc(Nc2ccc(C)cc2N)cc1. The van der Waals surface area contributed by atoms with Crippen molar-refractivity contribution in [3.05, 3.63) is 53.6 Å². The van der Waals surface area contributed by atoms with Gasteiger partial charge in [0.25, 0.3) is 0 Å². The standard InChI is InChI=1S/C16H20N2/c1-3-4-13-6-8-14(9-7-13)18-16-10-5-12(2)11-15(16)17/h5-11,18H,3-4,17H2,1-2H3. The van der Waals surface area contributed by atoms with Gasteiger partial charge in [-0.15, -0.1) is 0 Å². The Kier molecular flexibility index (Phi) is 3.88. The molecule has 0 saturated carbocycles. The van der Waals surface area contributed by atoms with E-state index in [2.05, 4.69) is 42.6 Å². The molecule has 0 amide bonds. The molecule has 0 fully saturated rings. The fourth-order valence-electron chi connectivity index (χ4n) is 1.99. The monoisotopic (exact) mass is 240 g/mol. The molecular weight excluding hydrogens is 220 g/mol. The highest BCUT2D eigenvalue weighted by Gasteiger charge is 2.00. The molecule has 0 saturated heterocycles. The highest BCUT2D eigenvalue weighted by atomic mass is 14.9. The van der Waals surface area contributed by atoms with Crippen LogP contribution in [0.15, 0.2) is 42.5 Å². The van der Waals surface area contributed by atoms with Gasteiger partial charge < -0.3 is 11.1 Å². The molecule has 3 N–H and O–H groups in total. The summed E-state index contributed by atoms with van der Waals surface area (Å²) in [5, 5.41) is 3.34. The molecule has 0 aliphatic heterocycles. The molecule has 2 aromatic carbocycles. The lowest BCUT2D eigenvalue weighted by Gasteiger charge is -2.10. The van der Waals surface area contributed by atoms with Crippen LogP contribution in [0.1, 0.15) is 24.5 Å². The van der Waals surface area contributed by atoms with E-state index in [1.807, 2.05) is 19.1 Å². The molecule has 0 aliphatic rings. The van der Waals surface area contributed by atoms with E-state index in [0.717, 1.165) is 23.5 Å². The van der Waals surface area contributed by atoms with Gasteiger partial charge in [-0.1, -0.05) is 31.5 Å². The number of hydrogen-bond acceptors (Lipinski definition) is 2. The molecule has 2 rings (SSSR count). The largest absolute Gasteiger partial charge is 0.397 e. The van der Waals surface area contributed by atoms with Crippen LogP contribution < -0.4 is 11.1 Å². The number of nitrogens with one attached hydrogen (secondary N) is 1. The van der Waals surface area contributed by atoms with E-state index in [9.17, 15) is 0 Å². The van der Waals surface area contributed by atoms with E-state index >= 15 is 0 Å². The lowest BCUT2D eigenvalue weighted by molar-refractivity contribution is 0.922. The van der Waals surface area contributed by atoms with Crippen molar-refractivity contribution in [2.45, 2.75) is 26.7 Å². The van der Waals surface area contributed by atoms with Crippen LogP contribution >= 0.6 is 0 Å². The summed E-state index contributed by atoms with van der Waals surface area (Å²) in [7, 11) is 0. The van der Waals surface area contributed by atoms with Crippen LogP contribution in [-0.2, 0) is 6.42 Å². The van der Waals surface area contributed by atoms with E-state index in [1.54, 1.807) is 0 Å². The minimum atomic E-state index is 0.785. The molecule has 0 aliphatic carbocycles. The van der Waals surface area contributed by atoms with Gasteiger partial charge in [0.2, 0.25) is 0 Å². The van der Waals surface area contributed by atoms with Crippen LogP contribution in [0.25, 0.3) is 0 Å². The van der Waals surface area contributed by atoms with Crippen LogP contribution in [0.5, 0.6) is 0 Å². The fraction of sp³-hybridized carbons (Fsp3) is 0.250. The number of rotatable bonds is 4. The maximum atomic E-state index is 5.98. The second-order valence-electron chi connectivity index (χ2n) is 4.66. The third-order valence-corrected chi connectivity index (χ3v) is 2.98. The van der Waals surface area contributed by atoms with E-state index < -0.39 is 0 Å². The van der Waals surface area contributed by atoms with E-state index in [4.69, 9.17) is 5.73 Å². The van der Waals surface area contributed by atoms with Crippen LogP contribution in [-0.4, -0.2) is 0 Å². The summed E-state index contributed by atoms with van der Waals surface area (Å²) in [5.74, 6) is 0. The molecule has 0 heterocycles. The summed E-state index contributed by atoms with van der Waals surface area (Å²) in [6.07, 6.45) is 2.31. The van der Waals surface area contributed by atoms with Gasteiger partial charge in [0.05, 0.1) is 11.4 Å². The number of benzene rings is 2. The van der Waals surface area contributed by atoms with Gasteiger partial charge >= 0.3 is 0 Å². The summed E-state index contributed by atoms with van der Waals surface area (Å²) in [6.45, 7) is 4.23. The molecule has 0 spiro atoms. The minimum Gasteiger partial charge on any atom is -0.397 e. The third kappa shape index (κ3) is 3.04. The molecule has 0 atom stereocenters. The first-order valence-corrected chi connectivity index (χ1v) is 6.41. The van der Waals surface area contributed by atoms with Gasteiger partial charge in [0.1, 0.15) is 0 Å². The second kappa shape index (κ2) is 5.58. The third-order valence-electron chi connectivity index (χ3n) is 2.98. The lowest BCUT2D eigenvalue weighted by atomic mass is 10.1. The highest BCUT2D eigenvalue weighted by molar-refractivity contribution is 5.73. The summed E-state index contributed by atoms with van der Waals surface area (Å²) >= 11 is 0. The van der Waals surface area contributed by atoms with Gasteiger partial charge in [-0.25, -0.2) is 0 Å². The van der Waals surface area contributed by atoms with Crippen LogP contribution in [0.3, 0.4) is 0 Å². The molecule has 2 heteroatoms. The molecule has 0 aromatic heterocycles. The fourth-order valence-corrected chi connectivity index (χ4v) is 1.99. The zero-order valence-corrected chi connectivity index (χ0v) is 11.0. The predicted octanol–water partition coefficient (Wildman–Crippen LogP) is 4.27. The maximum absolute atomic E-state index is 5.98. The highest BCUT2D eigenvalue weighted by Crippen LogP contribution is 2.24. The average Bonchev–Trinajstić information content (AvgIpc) is 2.35. The van der Waals surface area contributed by atoms with Crippen molar-refractivity contribution in [1.29, 1.82) is 0 Å². The van der Waals surface area contributed by atoms with Crippen molar-refractivity contribution in [2.24, 2.45) is 0 Å². The summed E-state index contributed by atoms with van der Waals surface area (Å²) < 4.78 is 0. The van der Waals surface area contributed by atoms with Crippen molar-refractivity contribution >= 4 is 17.1 Å². The zero-order valence-electron chi connectivity index (χ0n) is 11.0. The molecule has 0 bridgehead atoms. The number of nitrogens with two attached hydrogens (primary N) is 1. The Morgan fingerprint density at radius 2 is 1.78 bits per heavy atom. The topological polar surface area (TPSA) is 38.0 Å². The number of nitrogen functional groups attached to an aromatic ring is 1. The molecule has 0 unspecified atom stereocenters. The predicted molar refractivity (Wildman–Crippen MR) is 79.3 cm³/mol. The number of aryl methyl sites for hydroxylation is 2. The summed E-state index contributed by atoms with van der Waals surface area (Å²) in [4.78, 5) is 0. The van der Waals surface area contributed by atoms with Crippen LogP contribution in [0, 0.1) is 6.92 Å². The Morgan fingerprint density at radius 1 is 1.06 bits per heavy atom. The molecule has 0 radical (unpaired) electrons. The summed E-state index contributed by atoms with van der Waals surface area (Å²) in [6, 6.07) is 14.6. The molecule has 94 valence electrons. The van der Waals surface area contributed by atoms with Gasteiger partial charge in [-0.3, -0.25) is 0 Å². The maximum Gasteiger partial charge on any atom is 0.0618 e. The van der Waals surface area contributed by atoms with Crippen molar-refractivity contribution in [3.8, 4) is 0 Å². The molecule has 2 nitrogen and oxygen atoms in total. The van der Waals surface area contributed by atoms with Gasteiger partial charge in [-0.05, 0) is 48.7 Å². The normalized spacial score (nSPS) is 10.3. The van der Waals surface area contributed by atoms with Crippen molar-refractivity contribution in [3.63, 3.8) is 0 Å². The van der Waals surface area contributed by atoms with Crippen molar-refractivity contribution in [2.75, 3.05) is 11.1 Å². The van der Waals surface area contributed by atoms with Crippen molar-refractivity contribution in [1.82, 2.24) is 0 Å². The Labute approximate surface area is 109 Å².